The van der Waals surface area contributed by atoms with Gasteiger partial charge in [0.2, 0.25) is 0 Å². The summed E-state index contributed by atoms with van der Waals surface area (Å²) in [6, 6.07) is 17.3. The third kappa shape index (κ3) is 3.08. The van der Waals surface area contributed by atoms with Crippen LogP contribution in [0.4, 0.5) is 4.39 Å². The zero-order chi connectivity index (χ0) is 17.1. The summed E-state index contributed by atoms with van der Waals surface area (Å²) in [5.74, 6) is -0.197. The number of amides is 1. The van der Waals surface area contributed by atoms with Gasteiger partial charge in [0.1, 0.15) is 5.82 Å². The van der Waals surface area contributed by atoms with E-state index in [1.54, 1.807) is 30.1 Å². The summed E-state index contributed by atoms with van der Waals surface area (Å²) in [4.78, 5) is 14.5. The Kier molecular flexibility index (Phi) is 4.47. The zero-order valence-corrected chi connectivity index (χ0v) is 13.6. The molecule has 3 rings (SSSR count). The topological polar surface area (TPSA) is 33.5 Å². The molecule has 24 heavy (non-hydrogen) atoms. The molecule has 3 nitrogen and oxygen atoms in total. The average Bonchev–Trinajstić information content (AvgIpc) is 3.03. The van der Waals surface area contributed by atoms with Crippen LogP contribution < -0.4 is 0 Å². The van der Waals surface area contributed by atoms with E-state index in [2.05, 4.69) is 0 Å². The highest BCUT2D eigenvalue weighted by molar-refractivity contribution is 5.93. The van der Waals surface area contributed by atoms with Crippen LogP contribution in [0.25, 0.3) is 0 Å². The standard InChI is InChI=1S/C20H18FNO2/c1-14-12-13-24-19(14)20(23)22(2)18(15-6-4-3-5-7-15)16-8-10-17(21)11-9-16/h3-13,18H,1-2H3. The smallest absolute Gasteiger partial charge is 0.290 e. The molecule has 0 N–H and O–H groups in total. The molecule has 1 heterocycles. The van der Waals surface area contributed by atoms with Gasteiger partial charge in [-0.25, -0.2) is 4.39 Å². The Balaban J connectivity index is 2.03. The molecule has 1 unspecified atom stereocenters. The van der Waals surface area contributed by atoms with E-state index in [1.807, 2.05) is 37.3 Å². The summed E-state index contributed by atoms with van der Waals surface area (Å²) in [5.41, 5.74) is 2.57. The summed E-state index contributed by atoms with van der Waals surface area (Å²) in [5, 5.41) is 0. The van der Waals surface area contributed by atoms with Gasteiger partial charge in [-0.05, 0) is 36.2 Å². The molecule has 1 aromatic heterocycles. The molecule has 1 atom stereocenters. The Morgan fingerprint density at radius 3 is 2.21 bits per heavy atom. The normalized spacial score (nSPS) is 12.0. The fourth-order valence-corrected chi connectivity index (χ4v) is 2.79. The van der Waals surface area contributed by atoms with Gasteiger partial charge < -0.3 is 9.32 Å². The molecule has 0 aliphatic carbocycles. The molecule has 122 valence electrons. The first-order chi connectivity index (χ1) is 11.6. The van der Waals surface area contributed by atoms with Crippen molar-refractivity contribution in [1.82, 2.24) is 4.90 Å². The SMILES string of the molecule is Cc1ccoc1C(=O)N(C)C(c1ccccc1)c1ccc(F)cc1. The first kappa shape index (κ1) is 16.0. The maximum atomic E-state index is 13.3. The summed E-state index contributed by atoms with van der Waals surface area (Å²) in [6.07, 6.45) is 1.51. The third-order valence-corrected chi connectivity index (χ3v) is 4.07. The van der Waals surface area contributed by atoms with Crippen LogP contribution in [0.15, 0.2) is 71.3 Å². The van der Waals surface area contributed by atoms with Crippen LogP contribution in [0.5, 0.6) is 0 Å². The lowest BCUT2D eigenvalue weighted by Gasteiger charge is -2.28. The van der Waals surface area contributed by atoms with Crippen LogP contribution in [-0.2, 0) is 0 Å². The lowest BCUT2D eigenvalue weighted by Crippen LogP contribution is -2.32. The molecule has 1 amide bonds. The highest BCUT2D eigenvalue weighted by atomic mass is 19.1. The lowest BCUT2D eigenvalue weighted by molar-refractivity contribution is 0.0722. The van der Waals surface area contributed by atoms with E-state index in [0.717, 1.165) is 16.7 Å². The minimum atomic E-state index is -0.330. The highest BCUT2D eigenvalue weighted by Gasteiger charge is 2.27. The van der Waals surface area contributed by atoms with Crippen molar-refractivity contribution in [2.75, 3.05) is 7.05 Å². The number of carbonyl (C=O) groups excluding carboxylic acids is 1. The lowest BCUT2D eigenvalue weighted by atomic mass is 9.97. The molecule has 0 aliphatic rings. The molecule has 0 fully saturated rings. The second-order valence-electron chi connectivity index (χ2n) is 5.71. The van der Waals surface area contributed by atoms with Crippen LogP contribution in [0.1, 0.15) is 33.3 Å². The first-order valence-electron chi connectivity index (χ1n) is 7.69. The van der Waals surface area contributed by atoms with E-state index in [-0.39, 0.29) is 17.8 Å². The van der Waals surface area contributed by atoms with Crippen molar-refractivity contribution in [2.45, 2.75) is 13.0 Å². The maximum absolute atomic E-state index is 13.3. The fraction of sp³-hybridized carbons (Fsp3) is 0.150. The van der Waals surface area contributed by atoms with Gasteiger partial charge in [-0.1, -0.05) is 42.5 Å². The molecular formula is C20H18FNO2. The van der Waals surface area contributed by atoms with Gasteiger partial charge in [0.05, 0.1) is 12.3 Å². The van der Waals surface area contributed by atoms with Crippen molar-refractivity contribution < 1.29 is 13.6 Å². The average molecular weight is 323 g/mol. The van der Waals surface area contributed by atoms with E-state index in [4.69, 9.17) is 4.42 Å². The molecule has 4 heteroatoms. The Bertz CT molecular complexity index is 824. The Morgan fingerprint density at radius 2 is 1.62 bits per heavy atom. The van der Waals surface area contributed by atoms with Crippen molar-refractivity contribution in [2.24, 2.45) is 0 Å². The van der Waals surface area contributed by atoms with Crippen LogP contribution in [0, 0.1) is 12.7 Å². The van der Waals surface area contributed by atoms with Crippen LogP contribution in [0.2, 0.25) is 0 Å². The minimum Gasteiger partial charge on any atom is -0.459 e. The number of hydrogen-bond donors (Lipinski definition) is 0. The molecule has 3 aromatic rings. The molecule has 0 saturated heterocycles. The number of rotatable bonds is 4. The first-order valence-corrected chi connectivity index (χ1v) is 7.69. The summed E-state index contributed by atoms with van der Waals surface area (Å²) >= 11 is 0. The van der Waals surface area contributed by atoms with E-state index in [9.17, 15) is 9.18 Å². The van der Waals surface area contributed by atoms with Gasteiger partial charge in [-0.3, -0.25) is 4.79 Å². The third-order valence-electron chi connectivity index (χ3n) is 4.07. The van der Waals surface area contributed by atoms with Gasteiger partial charge in [0, 0.05) is 12.6 Å². The van der Waals surface area contributed by atoms with Crippen LogP contribution >= 0.6 is 0 Å². The van der Waals surface area contributed by atoms with Gasteiger partial charge in [-0.2, -0.15) is 0 Å². The maximum Gasteiger partial charge on any atom is 0.290 e. The Morgan fingerprint density at radius 1 is 1.00 bits per heavy atom. The molecule has 0 bridgehead atoms. The van der Waals surface area contributed by atoms with E-state index >= 15 is 0 Å². The van der Waals surface area contributed by atoms with E-state index in [0.29, 0.717) is 5.76 Å². The van der Waals surface area contributed by atoms with Crippen molar-refractivity contribution in [1.29, 1.82) is 0 Å². The second-order valence-corrected chi connectivity index (χ2v) is 5.71. The Labute approximate surface area is 140 Å². The van der Waals surface area contributed by atoms with Gasteiger partial charge >= 0.3 is 0 Å². The number of hydrogen-bond acceptors (Lipinski definition) is 2. The monoisotopic (exact) mass is 323 g/mol. The largest absolute Gasteiger partial charge is 0.459 e. The fourth-order valence-electron chi connectivity index (χ4n) is 2.79. The van der Waals surface area contributed by atoms with Crippen LogP contribution in [-0.4, -0.2) is 17.9 Å². The summed E-state index contributed by atoms with van der Waals surface area (Å²) in [7, 11) is 1.73. The quantitative estimate of drug-likeness (QED) is 0.703. The van der Waals surface area contributed by atoms with Gasteiger partial charge in [0.15, 0.2) is 5.76 Å². The molecule has 0 saturated carbocycles. The molecular weight excluding hydrogens is 305 g/mol. The molecule has 2 aromatic carbocycles. The van der Waals surface area contributed by atoms with Crippen molar-refractivity contribution >= 4 is 5.91 Å². The number of carbonyl (C=O) groups is 1. The zero-order valence-electron chi connectivity index (χ0n) is 13.6. The summed E-state index contributed by atoms with van der Waals surface area (Å²) in [6.45, 7) is 1.83. The highest BCUT2D eigenvalue weighted by Crippen LogP contribution is 2.29. The number of aryl methyl sites for hydroxylation is 1. The predicted octanol–water partition coefficient (Wildman–Crippen LogP) is 4.59. The van der Waals surface area contributed by atoms with Gasteiger partial charge in [-0.15, -0.1) is 0 Å². The van der Waals surface area contributed by atoms with E-state index < -0.39 is 0 Å². The van der Waals surface area contributed by atoms with Crippen molar-refractivity contribution in [3.63, 3.8) is 0 Å². The number of nitrogens with zero attached hydrogens (tertiary/aromatic N) is 1. The predicted molar refractivity (Wildman–Crippen MR) is 90.2 cm³/mol. The second kappa shape index (κ2) is 6.71. The van der Waals surface area contributed by atoms with Crippen molar-refractivity contribution in [3.8, 4) is 0 Å². The number of halogens is 1. The van der Waals surface area contributed by atoms with E-state index in [1.165, 1.54) is 18.4 Å². The van der Waals surface area contributed by atoms with Crippen LogP contribution in [0.3, 0.4) is 0 Å². The van der Waals surface area contributed by atoms with Gasteiger partial charge in [0.25, 0.3) is 5.91 Å². The molecule has 0 radical (unpaired) electrons. The molecule has 0 aliphatic heterocycles. The molecule has 0 spiro atoms. The summed E-state index contributed by atoms with van der Waals surface area (Å²) < 4.78 is 18.6. The Hall–Kier alpha value is -2.88. The van der Waals surface area contributed by atoms with Crippen molar-refractivity contribution in [3.05, 3.63) is 95.2 Å². The number of furan rings is 1. The minimum absolute atomic E-state index is 0.212. The number of benzene rings is 2.